The molecule has 1 aromatic heterocycles. The lowest BCUT2D eigenvalue weighted by Crippen LogP contribution is -2.29. The molecule has 0 saturated heterocycles. The molecule has 5 nitrogen and oxygen atoms in total. The van der Waals surface area contributed by atoms with Gasteiger partial charge >= 0.3 is 0 Å². The van der Waals surface area contributed by atoms with Crippen LogP contribution in [-0.4, -0.2) is 19.2 Å². The summed E-state index contributed by atoms with van der Waals surface area (Å²) >= 11 is 0. The smallest absolute Gasteiger partial charge is 0.127 e. The molecule has 0 aliphatic heterocycles. The average Bonchev–Trinajstić information content (AvgIpc) is 2.48. The van der Waals surface area contributed by atoms with Gasteiger partial charge in [-0.2, -0.15) is 0 Å². The summed E-state index contributed by atoms with van der Waals surface area (Å²) in [6.07, 6.45) is 1.77. The maximum atomic E-state index is 5.70. The van der Waals surface area contributed by atoms with Crippen LogP contribution in [0, 0.1) is 6.92 Å². The lowest BCUT2D eigenvalue weighted by atomic mass is 10.0. The second-order valence-corrected chi connectivity index (χ2v) is 4.47. The number of ether oxygens (including phenoxy) is 2. The van der Waals surface area contributed by atoms with Crippen LogP contribution in [-0.2, 0) is 0 Å². The molecular formula is C15H19N3O2. The van der Waals surface area contributed by atoms with Gasteiger partial charge in [-0.15, -0.1) is 0 Å². The lowest BCUT2D eigenvalue weighted by Gasteiger charge is -2.19. The fourth-order valence-electron chi connectivity index (χ4n) is 2.11. The van der Waals surface area contributed by atoms with Gasteiger partial charge in [0.15, 0.2) is 0 Å². The van der Waals surface area contributed by atoms with Gasteiger partial charge in [-0.3, -0.25) is 10.8 Å². The largest absolute Gasteiger partial charge is 0.497 e. The van der Waals surface area contributed by atoms with Crippen molar-refractivity contribution in [3.05, 3.63) is 53.3 Å². The van der Waals surface area contributed by atoms with Crippen molar-refractivity contribution in [3.8, 4) is 11.5 Å². The van der Waals surface area contributed by atoms with E-state index in [-0.39, 0.29) is 6.04 Å². The van der Waals surface area contributed by atoms with Crippen LogP contribution < -0.4 is 20.7 Å². The van der Waals surface area contributed by atoms with Gasteiger partial charge in [0.25, 0.3) is 0 Å². The monoisotopic (exact) mass is 273 g/mol. The Morgan fingerprint density at radius 2 is 1.95 bits per heavy atom. The second kappa shape index (κ2) is 6.36. The molecule has 0 saturated carbocycles. The Kier molecular flexibility index (Phi) is 4.55. The van der Waals surface area contributed by atoms with E-state index >= 15 is 0 Å². The molecular weight excluding hydrogens is 254 g/mol. The van der Waals surface area contributed by atoms with Crippen LogP contribution in [0.3, 0.4) is 0 Å². The van der Waals surface area contributed by atoms with E-state index in [4.69, 9.17) is 15.3 Å². The van der Waals surface area contributed by atoms with E-state index in [0.717, 1.165) is 22.6 Å². The number of methoxy groups -OCH3 is 2. The quantitative estimate of drug-likeness (QED) is 0.644. The third kappa shape index (κ3) is 2.89. The highest BCUT2D eigenvalue weighted by atomic mass is 16.5. The van der Waals surface area contributed by atoms with Crippen LogP contribution in [0.2, 0.25) is 0 Å². The molecule has 0 fully saturated rings. The molecule has 0 aliphatic carbocycles. The Morgan fingerprint density at radius 1 is 1.15 bits per heavy atom. The number of nitrogens with one attached hydrogen (secondary N) is 1. The van der Waals surface area contributed by atoms with Crippen LogP contribution >= 0.6 is 0 Å². The number of rotatable bonds is 5. The van der Waals surface area contributed by atoms with E-state index < -0.39 is 0 Å². The van der Waals surface area contributed by atoms with E-state index in [0.29, 0.717) is 5.75 Å². The summed E-state index contributed by atoms with van der Waals surface area (Å²) in [4.78, 5) is 4.38. The molecule has 0 amide bonds. The number of aryl methyl sites for hydroxylation is 1. The average molecular weight is 273 g/mol. The fourth-order valence-corrected chi connectivity index (χ4v) is 2.11. The van der Waals surface area contributed by atoms with Gasteiger partial charge < -0.3 is 9.47 Å². The van der Waals surface area contributed by atoms with Gasteiger partial charge in [0.2, 0.25) is 0 Å². The molecule has 106 valence electrons. The molecule has 2 rings (SSSR count). The molecule has 0 bridgehead atoms. The summed E-state index contributed by atoms with van der Waals surface area (Å²) in [5.74, 6) is 7.14. The molecule has 2 aromatic rings. The van der Waals surface area contributed by atoms with Crippen molar-refractivity contribution in [2.45, 2.75) is 13.0 Å². The molecule has 1 atom stereocenters. The lowest BCUT2D eigenvalue weighted by molar-refractivity contribution is 0.387. The number of hydrogen-bond acceptors (Lipinski definition) is 5. The Labute approximate surface area is 118 Å². The van der Waals surface area contributed by atoms with E-state index in [1.54, 1.807) is 20.4 Å². The minimum atomic E-state index is -0.240. The van der Waals surface area contributed by atoms with Crippen LogP contribution in [0.4, 0.5) is 0 Å². The van der Waals surface area contributed by atoms with Gasteiger partial charge in [0, 0.05) is 17.8 Å². The van der Waals surface area contributed by atoms with Crippen molar-refractivity contribution in [2.75, 3.05) is 14.2 Å². The first-order valence-corrected chi connectivity index (χ1v) is 6.30. The third-order valence-electron chi connectivity index (χ3n) is 3.15. The van der Waals surface area contributed by atoms with Crippen molar-refractivity contribution < 1.29 is 9.47 Å². The van der Waals surface area contributed by atoms with Gasteiger partial charge in [0.1, 0.15) is 11.5 Å². The minimum absolute atomic E-state index is 0.240. The SMILES string of the molecule is COc1ccc(C(NN)c2cc(C)ccn2)c(OC)c1. The van der Waals surface area contributed by atoms with Gasteiger partial charge in [-0.1, -0.05) is 0 Å². The van der Waals surface area contributed by atoms with Crippen molar-refractivity contribution in [1.82, 2.24) is 10.4 Å². The van der Waals surface area contributed by atoms with E-state index in [1.165, 1.54) is 0 Å². The van der Waals surface area contributed by atoms with E-state index in [1.807, 2.05) is 37.3 Å². The first kappa shape index (κ1) is 14.3. The highest BCUT2D eigenvalue weighted by molar-refractivity contribution is 5.45. The van der Waals surface area contributed by atoms with E-state index in [9.17, 15) is 0 Å². The Bertz CT molecular complexity index is 587. The number of pyridine rings is 1. The molecule has 0 aliphatic rings. The molecule has 1 unspecified atom stereocenters. The summed E-state index contributed by atoms with van der Waals surface area (Å²) in [5.41, 5.74) is 5.67. The number of nitrogens with two attached hydrogens (primary N) is 1. The number of hydrazine groups is 1. The zero-order valence-corrected chi connectivity index (χ0v) is 11.9. The summed E-state index contributed by atoms with van der Waals surface area (Å²) in [5, 5.41) is 0. The highest BCUT2D eigenvalue weighted by Gasteiger charge is 2.18. The fraction of sp³-hybridized carbons (Fsp3) is 0.267. The first-order chi connectivity index (χ1) is 9.69. The summed E-state index contributed by atoms with van der Waals surface area (Å²) in [6.45, 7) is 2.02. The highest BCUT2D eigenvalue weighted by Crippen LogP contribution is 2.32. The van der Waals surface area contributed by atoms with Gasteiger partial charge in [-0.25, -0.2) is 5.43 Å². The standard InChI is InChI=1S/C15H19N3O2/c1-10-6-7-17-13(8-10)15(18-16)12-5-4-11(19-2)9-14(12)20-3/h4-9,15,18H,16H2,1-3H3. The Balaban J connectivity index is 2.46. The summed E-state index contributed by atoms with van der Waals surface area (Å²) in [6, 6.07) is 9.33. The predicted molar refractivity (Wildman–Crippen MR) is 77.7 cm³/mol. The van der Waals surface area contributed by atoms with Crippen LogP contribution in [0.15, 0.2) is 36.5 Å². The van der Waals surface area contributed by atoms with Crippen molar-refractivity contribution in [2.24, 2.45) is 5.84 Å². The predicted octanol–water partition coefficient (Wildman–Crippen LogP) is 1.96. The molecule has 0 spiro atoms. The number of hydrogen-bond donors (Lipinski definition) is 2. The van der Waals surface area contributed by atoms with Crippen LogP contribution in [0.25, 0.3) is 0 Å². The van der Waals surface area contributed by atoms with Crippen LogP contribution in [0.1, 0.15) is 22.9 Å². The van der Waals surface area contributed by atoms with Crippen molar-refractivity contribution in [3.63, 3.8) is 0 Å². The second-order valence-electron chi connectivity index (χ2n) is 4.47. The van der Waals surface area contributed by atoms with Crippen molar-refractivity contribution in [1.29, 1.82) is 0 Å². The van der Waals surface area contributed by atoms with Crippen molar-refractivity contribution >= 4 is 0 Å². The molecule has 1 aromatic carbocycles. The Morgan fingerprint density at radius 3 is 2.55 bits per heavy atom. The normalized spacial score (nSPS) is 12.0. The number of aromatic nitrogens is 1. The third-order valence-corrected chi connectivity index (χ3v) is 3.15. The number of nitrogens with zero attached hydrogens (tertiary/aromatic N) is 1. The number of benzene rings is 1. The molecule has 3 N–H and O–H groups in total. The van der Waals surface area contributed by atoms with Gasteiger partial charge in [-0.05, 0) is 36.8 Å². The maximum absolute atomic E-state index is 5.70. The zero-order chi connectivity index (χ0) is 14.5. The Hall–Kier alpha value is -2.11. The molecule has 0 radical (unpaired) electrons. The zero-order valence-electron chi connectivity index (χ0n) is 11.9. The molecule has 5 heteroatoms. The van der Waals surface area contributed by atoms with E-state index in [2.05, 4.69) is 10.4 Å². The first-order valence-electron chi connectivity index (χ1n) is 6.30. The minimum Gasteiger partial charge on any atom is -0.497 e. The molecule has 1 heterocycles. The topological polar surface area (TPSA) is 69.4 Å². The summed E-state index contributed by atoms with van der Waals surface area (Å²) < 4.78 is 10.6. The van der Waals surface area contributed by atoms with Gasteiger partial charge in [0.05, 0.1) is 26.0 Å². The molecule has 20 heavy (non-hydrogen) atoms. The van der Waals surface area contributed by atoms with Crippen LogP contribution in [0.5, 0.6) is 11.5 Å². The summed E-state index contributed by atoms with van der Waals surface area (Å²) in [7, 11) is 3.24. The maximum Gasteiger partial charge on any atom is 0.127 e.